The number of para-hydroxylation sites is 1. The predicted octanol–water partition coefficient (Wildman–Crippen LogP) is 2.65. The lowest BCUT2D eigenvalue weighted by Crippen LogP contribution is -2.53. The van der Waals surface area contributed by atoms with Crippen molar-refractivity contribution in [3.63, 3.8) is 0 Å². The molecule has 2 N–H and O–H groups in total. The first-order valence-corrected chi connectivity index (χ1v) is 9.37. The zero-order valence-electron chi connectivity index (χ0n) is 14.5. The van der Waals surface area contributed by atoms with E-state index in [-0.39, 0.29) is 24.6 Å². The summed E-state index contributed by atoms with van der Waals surface area (Å²) in [7, 11) is 0. The number of halogens is 2. The van der Waals surface area contributed by atoms with Crippen LogP contribution < -0.4 is 15.5 Å². The third kappa shape index (κ3) is 3.01. The van der Waals surface area contributed by atoms with Crippen LogP contribution in [0.15, 0.2) is 47.4 Å². The number of nitrogens with zero attached hydrogens (tertiary/aromatic N) is 1. The van der Waals surface area contributed by atoms with Crippen LogP contribution in [0.1, 0.15) is 12.8 Å². The molecule has 0 bridgehead atoms. The van der Waals surface area contributed by atoms with Gasteiger partial charge < -0.3 is 10.6 Å². The van der Waals surface area contributed by atoms with Crippen molar-refractivity contribution in [3.05, 3.63) is 54.1 Å². The molecule has 4 rings (SSSR count). The van der Waals surface area contributed by atoms with Crippen LogP contribution in [0.3, 0.4) is 0 Å². The van der Waals surface area contributed by atoms with Crippen LogP contribution in [0.5, 0.6) is 0 Å². The molecule has 2 aromatic rings. The average Bonchev–Trinajstić information content (AvgIpc) is 3.18. The van der Waals surface area contributed by atoms with Crippen LogP contribution in [0.4, 0.5) is 20.2 Å². The van der Waals surface area contributed by atoms with E-state index in [4.69, 9.17) is 0 Å². The van der Waals surface area contributed by atoms with E-state index in [9.17, 15) is 23.2 Å². The number of thioether (sulfide) groups is 1. The second-order valence-electron chi connectivity index (χ2n) is 6.44. The van der Waals surface area contributed by atoms with Crippen molar-refractivity contribution in [2.24, 2.45) is 0 Å². The Labute approximate surface area is 163 Å². The van der Waals surface area contributed by atoms with E-state index in [0.29, 0.717) is 12.1 Å². The van der Waals surface area contributed by atoms with Gasteiger partial charge in [0.05, 0.1) is 12.2 Å². The predicted molar refractivity (Wildman–Crippen MR) is 99.7 cm³/mol. The van der Waals surface area contributed by atoms with Crippen LogP contribution >= 0.6 is 11.8 Å². The van der Waals surface area contributed by atoms with Gasteiger partial charge in [0.25, 0.3) is 5.91 Å². The highest BCUT2D eigenvalue weighted by atomic mass is 32.2. The molecule has 0 aromatic heterocycles. The Morgan fingerprint density at radius 3 is 2.71 bits per heavy atom. The zero-order chi connectivity index (χ0) is 19.9. The van der Waals surface area contributed by atoms with Gasteiger partial charge in [0.2, 0.25) is 11.8 Å². The first kappa shape index (κ1) is 18.4. The first-order valence-electron chi connectivity index (χ1n) is 8.55. The van der Waals surface area contributed by atoms with E-state index >= 15 is 0 Å². The Bertz CT molecular complexity index is 1000. The smallest absolute Gasteiger partial charge is 0.257 e. The summed E-state index contributed by atoms with van der Waals surface area (Å²) in [4.78, 5) is 38.5. The fraction of sp³-hybridized carbons (Fsp3) is 0.211. The van der Waals surface area contributed by atoms with Crippen molar-refractivity contribution >= 4 is 40.9 Å². The van der Waals surface area contributed by atoms with E-state index in [1.54, 1.807) is 12.1 Å². The Balaban J connectivity index is 1.44. The molecule has 0 aliphatic carbocycles. The molecule has 0 saturated carbocycles. The lowest BCUT2D eigenvalue weighted by molar-refractivity contribution is -0.126. The van der Waals surface area contributed by atoms with Gasteiger partial charge in [-0.25, -0.2) is 8.78 Å². The molecule has 2 aromatic carbocycles. The van der Waals surface area contributed by atoms with Crippen molar-refractivity contribution in [3.8, 4) is 0 Å². The second kappa shape index (κ2) is 6.90. The van der Waals surface area contributed by atoms with Gasteiger partial charge in [-0.05, 0) is 30.7 Å². The molecule has 0 radical (unpaired) electrons. The highest BCUT2D eigenvalue weighted by Crippen LogP contribution is 2.55. The molecular formula is C19H15F2N3O3S. The standard InChI is InChI=1S/C19H15F2N3O3S/c20-12-6-5-11(9-13(12)21)23-16(25)10-22-18(27)19-8-7-17(26)24(19)14-3-1-2-4-15(14)28-19/h1-6,9H,7-8,10H2,(H,22,27)(H,23,25)/t19-/m0/s1. The molecule has 0 spiro atoms. The molecule has 2 heterocycles. The largest absolute Gasteiger partial charge is 0.344 e. The molecule has 9 heteroatoms. The molecule has 144 valence electrons. The van der Waals surface area contributed by atoms with Crippen LogP contribution in [-0.2, 0) is 14.4 Å². The van der Waals surface area contributed by atoms with Gasteiger partial charge in [-0.1, -0.05) is 23.9 Å². The normalized spacial score (nSPS) is 19.9. The van der Waals surface area contributed by atoms with Crippen molar-refractivity contribution in [2.75, 3.05) is 16.8 Å². The number of hydrogen-bond donors (Lipinski definition) is 2. The number of anilines is 2. The molecule has 2 aliphatic heterocycles. The summed E-state index contributed by atoms with van der Waals surface area (Å²) in [5, 5.41) is 4.95. The minimum atomic E-state index is -1.11. The van der Waals surface area contributed by atoms with Crippen LogP contribution in [0, 0.1) is 11.6 Å². The Morgan fingerprint density at radius 1 is 1.14 bits per heavy atom. The van der Waals surface area contributed by atoms with E-state index in [1.165, 1.54) is 22.7 Å². The zero-order valence-corrected chi connectivity index (χ0v) is 15.3. The molecule has 3 amide bonds. The molecule has 1 atom stereocenters. The van der Waals surface area contributed by atoms with E-state index < -0.39 is 28.3 Å². The van der Waals surface area contributed by atoms with E-state index in [0.717, 1.165) is 17.0 Å². The van der Waals surface area contributed by atoms with E-state index in [1.807, 2.05) is 12.1 Å². The number of carbonyl (C=O) groups excluding carboxylic acids is 3. The minimum Gasteiger partial charge on any atom is -0.344 e. The topological polar surface area (TPSA) is 78.5 Å². The number of benzene rings is 2. The van der Waals surface area contributed by atoms with Crippen LogP contribution in [-0.4, -0.2) is 29.1 Å². The molecule has 28 heavy (non-hydrogen) atoms. The van der Waals surface area contributed by atoms with Crippen LogP contribution in [0.2, 0.25) is 0 Å². The van der Waals surface area contributed by atoms with Gasteiger partial charge in [0, 0.05) is 23.1 Å². The molecule has 1 fully saturated rings. The summed E-state index contributed by atoms with van der Waals surface area (Å²) in [5.41, 5.74) is 0.771. The van der Waals surface area contributed by atoms with Crippen molar-refractivity contribution < 1.29 is 23.2 Å². The quantitative estimate of drug-likeness (QED) is 0.823. The first-order chi connectivity index (χ1) is 13.4. The maximum atomic E-state index is 13.2. The maximum Gasteiger partial charge on any atom is 0.257 e. The summed E-state index contributed by atoms with van der Waals surface area (Å²) in [5.74, 6) is -3.28. The molecular weight excluding hydrogens is 388 g/mol. The maximum absolute atomic E-state index is 13.2. The van der Waals surface area contributed by atoms with Gasteiger partial charge in [-0.3, -0.25) is 19.3 Å². The molecule has 0 unspecified atom stereocenters. The molecule has 6 nitrogen and oxygen atoms in total. The average molecular weight is 403 g/mol. The number of carbonyl (C=O) groups is 3. The summed E-state index contributed by atoms with van der Waals surface area (Å²) in [6.07, 6.45) is 0.581. The van der Waals surface area contributed by atoms with E-state index in [2.05, 4.69) is 10.6 Å². The molecule has 2 aliphatic rings. The fourth-order valence-electron chi connectivity index (χ4n) is 3.38. The number of hydrogen-bond acceptors (Lipinski definition) is 4. The Hall–Kier alpha value is -2.94. The lowest BCUT2D eigenvalue weighted by atomic mass is 10.2. The number of fused-ring (bicyclic) bond motifs is 3. The third-order valence-electron chi connectivity index (χ3n) is 4.64. The fourth-order valence-corrected chi connectivity index (χ4v) is 4.81. The van der Waals surface area contributed by atoms with Gasteiger partial charge in [-0.15, -0.1) is 0 Å². The van der Waals surface area contributed by atoms with Gasteiger partial charge >= 0.3 is 0 Å². The summed E-state index contributed by atoms with van der Waals surface area (Å²) >= 11 is 1.30. The van der Waals surface area contributed by atoms with Gasteiger partial charge in [0.1, 0.15) is 0 Å². The number of amides is 3. The van der Waals surface area contributed by atoms with Crippen molar-refractivity contribution in [2.45, 2.75) is 22.6 Å². The highest BCUT2D eigenvalue weighted by molar-refractivity contribution is 8.02. The van der Waals surface area contributed by atoms with Gasteiger partial charge in [-0.2, -0.15) is 0 Å². The van der Waals surface area contributed by atoms with Crippen LogP contribution in [0.25, 0.3) is 0 Å². The lowest BCUT2D eigenvalue weighted by Gasteiger charge is -2.29. The second-order valence-corrected chi connectivity index (χ2v) is 7.76. The summed E-state index contributed by atoms with van der Waals surface area (Å²) in [6.45, 7) is -0.363. The van der Waals surface area contributed by atoms with Gasteiger partial charge in [0.15, 0.2) is 16.5 Å². The summed E-state index contributed by atoms with van der Waals surface area (Å²) < 4.78 is 26.2. The Morgan fingerprint density at radius 2 is 1.93 bits per heavy atom. The number of nitrogens with one attached hydrogen (secondary N) is 2. The monoisotopic (exact) mass is 403 g/mol. The third-order valence-corrected chi connectivity index (χ3v) is 6.12. The van der Waals surface area contributed by atoms with Crippen molar-refractivity contribution in [1.82, 2.24) is 5.32 Å². The summed E-state index contributed by atoms with van der Waals surface area (Å²) in [6, 6.07) is 10.2. The highest BCUT2D eigenvalue weighted by Gasteiger charge is 2.57. The van der Waals surface area contributed by atoms with Crippen molar-refractivity contribution in [1.29, 1.82) is 0 Å². The Kier molecular flexibility index (Phi) is 4.54. The minimum absolute atomic E-state index is 0.0802. The molecule has 1 saturated heterocycles. The number of rotatable bonds is 4. The SMILES string of the molecule is O=C(CNC(=O)[C@@]12CCC(=O)N1c1ccccc1S2)Nc1ccc(F)c(F)c1.